The van der Waals surface area contributed by atoms with Crippen LogP contribution in [0.5, 0.6) is 0 Å². The van der Waals surface area contributed by atoms with Crippen LogP contribution in [0.3, 0.4) is 0 Å². The summed E-state index contributed by atoms with van der Waals surface area (Å²) in [5.41, 5.74) is 2.04. The summed E-state index contributed by atoms with van der Waals surface area (Å²) in [6.07, 6.45) is 1.65. The van der Waals surface area contributed by atoms with E-state index in [-0.39, 0.29) is 11.2 Å². The highest BCUT2D eigenvalue weighted by molar-refractivity contribution is 5.72. The Morgan fingerprint density at radius 1 is 1.21 bits per heavy atom. The first-order chi connectivity index (χ1) is 11.4. The van der Waals surface area contributed by atoms with Crippen LogP contribution in [0, 0.1) is 12.8 Å². The monoisotopic (exact) mass is 326 g/mol. The lowest BCUT2D eigenvalue weighted by Gasteiger charge is -2.12. The molecule has 0 N–H and O–H groups in total. The van der Waals surface area contributed by atoms with E-state index in [1.807, 2.05) is 35.8 Å². The Labute approximate surface area is 140 Å². The van der Waals surface area contributed by atoms with Gasteiger partial charge in [0.2, 0.25) is 0 Å². The standard InChI is InChI=1S/C18H22N4O2/c1-5-21-17(23)15-16(19-11-20(15)10-12(2)3)22(18(21)24)14-8-6-7-13(4)9-14/h6-9,11-12H,5,10H2,1-4H3. The van der Waals surface area contributed by atoms with Gasteiger partial charge in [0.1, 0.15) is 0 Å². The summed E-state index contributed by atoms with van der Waals surface area (Å²) in [5, 5.41) is 0. The second kappa shape index (κ2) is 6.11. The zero-order valence-electron chi connectivity index (χ0n) is 14.5. The summed E-state index contributed by atoms with van der Waals surface area (Å²) in [4.78, 5) is 30.0. The number of hydrogen-bond donors (Lipinski definition) is 0. The van der Waals surface area contributed by atoms with Gasteiger partial charge in [0.15, 0.2) is 11.2 Å². The highest BCUT2D eigenvalue weighted by atomic mass is 16.2. The minimum absolute atomic E-state index is 0.278. The van der Waals surface area contributed by atoms with Crippen molar-refractivity contribution in [3.63, 3.8) is 0 Å². The number of benzene rings is 1. The Bertz CT molecular complexity index is 1010. The van der Waals surface area contributed by atoms with Crippen LogP contribution in [-0.4, -0.2) is 18.7 Å². The van der Waals surface area contributed by atoms with Crippen LogP contribution >= 0.6 is 0 Å². The molecule has 0 aliphatic carbocycles. The average Bonchev–Trinajstić information content (AvgIpc) is 2.91. The molecule has 0 aliphatic heterocycles. The van der Waals surface area contributed by atoms with Crippen molar-refractivity contribution in [1.29, 1.82) is 0 Å². The molecule has 0 saturated carbocycles. The molecule has 3 aromatic rings. The number of aryl methyl sites for hydroxylation is 1. The van der Waals surface area contributed by atoms with Gasteiger partial charge in [-0.15, -0.1) is 0 Å². The van der Waals surface area contributed by atoms with Crippen LogP contribution in [0.1, 0.15) is 26.3 Å². The molecule has 0 unspecified atom stereocenters. The number of nitrogens with zero attached hydrogens (tertiary/aromatic N) is 4. The quantitative estimate of drug-likeness (QED) is 0.739. The number of hydrogen-bond acceptors (Lipinski definition) is 3. The summed E-state index contributed by atoms with van der Waals surface area (Å²) in [6.45, 7) is 8.95. The Morgan fingerprint density at radius 3 is 2.58 bits per heavy atom. The molecule has 1 aromatic carbocycles. The van der Waals surface area contributed by atoms with Crippen LogP contribution in [0.15, 0.2) is 40.2 Å². The fourth-order valence-electron chi connectivity index (χ4n) is 2.99. The highest BCUT2D eigenvalue weighted by Crippen LogP contribution is 2.15. The second-order valence-corrected chi connectivity index (χ2v) is 6.47. The Morgan fingerprint density at radius 2 is 1.96 bits per heavy atom. The second-order valence-electron chi connectivity index (χ2n) is 6.47. The van der Waals surface area contributed by atoms with E-state index in [1.54, 1.807) is 13.3 Å². The van der Waals surface area contributed by atoms with E-state index in [9.17, 15) is 9.59 Å². The molecule has 2 heterocycles. The molecule has 0 bridgehead atoms. The van der Waals surface area contributed by atoms with E-state index < -0.39 is 0 Å². The maximum absolute atomic E-state index is 12.9. The van der Waals surface area contributed by atoms with Gasteiger partial charge in [-0.3, -0.25) is 9.36 Å². The van der Waals surface area contributed by atoms with Crippen LogP contribution < -0.4 is 11.2 Å². The van der Waals surface area contributed by atoms with Crippen molar-refractivity contribution < 1.29 is 0 Å². The van der Waals surface area contributed by atoms with Gasteiger partial charge in [0, 0.05) is 13.1 Å². The maximum atomic E-state index is 12.9. The predicted octanol–water partition coefficient (Wildman–Crippen LogP) is 2.33. The largest absolute Gasteiger partial charge is 0.337 e. The van der Waals surface area contributed by atoms with E-state index in [0.29, 0.717) is 30.2 Å². The van der Waals surface area contributed by atoms with Crippen molar-refractivity contribution in [2.75, 3.05) is 0 Å². The molecule has 126 valence electrons. The first-order valence-electron chi connectivity index (χ1n) is 8.21. The summed E-state index contributed by atoms with van der Waals surface area (Å²) in [7, 11) is 0. The third-order valence-electron chi connectivity index (χ3n) is 4.04. The van der Waals surface area contributed by atoms with Crippen molar-refractivity contribution in [2.45, 2.75) is 40.8 Å². The van der Waals surface area contributed by atoms with Gasteiger partial charge in [-0.2, -0.15) is 0 Å². The molecule has 6 heteroatoms. The van der Waals surface area contributed by atoms with E-state index in [1.165, 1.54) is 9.13 Å². The molecular formula is C18H22N4O2. The zero-order chi connectivity index (χ0) is 17.4. The lowest BCUT2D eigenvalue weighted by molar-refractivity contribution is 0.530. The molecule has 0 atom stereocenters. The van der Waals surface area contributed by atoms with Crippen molar-refractivity contribution in [3.8, 4) is 5.69 Å². The van der Waals surface area contributed by atoms with Crippen molar-refractivity contribution in [1.82, 2.24) is 18.7 Å². The minimum Gasteiger partial charge on any atom is -0.324 e. The average molecular weight is 326 g/mol. The van der Waals surface area contributed by atoms with E-state index in [4.69, 9.17) is 0 Å². The SMILES string of the molecule is CCn1c(=O)c2c(ncn2CC(C)C)n(-c2cccc(C)c2)c1=O. The number of rotatable bonds is 4. The summed E-state index contributed by atoms with van der Waals surface area (Å²) in [6, 6.07) is 7.65. The van der Waals surface area contributed by atoms with Crippen molar-refractivity contribution >= 4 is 11.2 Å². The molecule has 0 amide bonds. The van der Waals surface area contributed by atoms with Gasteiger partial charge < -0.3 is 4.57 Å². The van der Waals surface area contributed by atoms with Crippen molar-refractivity contribution in [2.24, 2.45) is 5.92 Å². The first kappa shape index (κ1) is 16.2. The molecule has 0 aliphatic rings. The lowest BCUT2D eigenvalue weighted by Crippen LogP contribution is -2.39. The van der Waals surface area contributed by atoms with Crippen LogP contribution in [0.4, 0.5) is 0 Å². The lowest BCUT2D eigenvalue weighted by atomic mass is 10.2. The van der Waals surface area contributed by atoms with Crippen molar-refractivity contribution in [3.05, 3.63) is 57.0 Å². The topological polar surface area (TPSA) is 61.8 Å². The molecule has 24 heavy (non-hydrogen) atoms. The highest BCUT2D eigenvalue weighted by Gasteiger charge is 2.18. The Balaban J connectivity index is 2.43. The third-order valence-corrected chi connectivity index (χ3v) is 4.04. The summed E-state index contributed by atoms with van der Waals surface area (Å²) < 4.78 is 4.65. The van der Waals surface area contributed by atoms with Crippen LogP contribution in [0.25, 0.3) is 16.9 Å². The van der Waals surface area contributed by atoms with Gasteiger partial charge in [0.05, 0.1) is 12.0 Å². The first-order valence-corrected chi connectivity index (χ1v) is 8.21. The smallest absolute Gasteiger partial charge is 0.324 e. The van der Waals surface area contributed by atoms with E-state index in [0.717, 1.165) is 11.3 Å². The number of imidazole rings is 1. The normalized spacial score (nSPS) is 11.5. The molecule has 0 radical (unpaired) electrons. The minimum atomic E-state index is -0.351. The number of aromatic nitrogens is 4. The zero-order valence-corrected chi connectivity index (χ0v) is 14.5. The fraction of sp³-hybridized carbons (Fsp3) is 0.389. The van der Waals surface area contributed by atoms with Gasteiger partial charge in [0.25, 0.3) is 5.56 Å². The molecular weight excluding hydrogens is 304 g/mol. The van der Waals surface area contributed by atoms with Gasteiger partial charge in [-0.25, -0.2) is 14.3 Å². The predicted molar refractivity (Wildman–Crippen MR) is 94.8 cm³/mol. The Hall–Kier alpha value is -2.63. The molecule has 0 saturated heterocycles. The van der Waals surface area contributed by atoms with Gasteiger partial charge in [-0.05, 0) is 37.5 Å². The Kier molecular flexibility index (Phi) is 4.13. The number of fused-ring (bicyclic) bond motifs is 1. The van der Waals surface area contributed by atoms with E-state index in [2.05, 4.69) is 18.8 Å². The van der Waals surface area contributed by atoms with Crippen LogP contribution in [0.2, 0.25) is 0 Å². The summed E-state index contributed by atoms with van der Waals surface area (Å²) >= 11 is 0. The molecule has 0 fully saturated rings. The van der Waals surface area contributed by atoms with Gasteiger partial charge >= 0.3 is 5.69 Å². The van der Waals surface area contributed by atoms with Gasteiger partial charge in [-0.1, -0.05) is 26.0 Å². The third kappa shape index (κ3) is 2.58. The molecule has 3 rings (SSSR count). The maximum Gasteiger partial charge on any atom is 0.337 e. The molecule has 2 aromatic heterocycles. The summed E-state index contributed by atoms with van der Waals surface area (Å²) in [5.74, 6) is 0.372. The van der Waals surface area contributed by atoms with E-state index >= 15 is 0 Å². The fourth-order valence-corrected chi connectivity index (χ4v) is 2.99. The molecule has 0 spiro atoms. The van der Waals surface area contributed by atoms with Crippen LogP contribution in [-0.2, 0) is 13.1 Å². The molecule has 6 nitrogen and oxygen atoms in total.